The minimum atomic E-state index is -0.0555. The molecule has 0 atom stereocenters. The highest BCUT2D eigenvalue weighted by Gasteiger charge is 2.25. The first-order valence-corrected chi connectivity index (χ1v) is 6.48. The Hall–Kier alpha value is -1.36. The van der Waals surface area contributed by atoms with Crippen molar-refractivity contribution in [2.75, 3.05) is 26.7 Å². The molecular weight excluding hydrogens is 230 g/mol. The highest BCUT2D eigenvalue weighted by atomic mass is 16.5. The zero-order valence-electron chi connectivity index (χ0n) is 11.1. The first kappa shape index (κ1) is 13.1. The number of piperidine rings is 1. The molecule has 5 nitrogen and oxygen atoms in total. The molecule has 0 aliphatic carbocycles. The second kappa shape index (κ2) is 6.00. The second-order valence-electron chi connectivity index (χ2n) is 4.81. The number of imidazole rings is 1. The van der Waals surface area contributed by atoms with Crippen LogP contribution in [0.25, 0.3) is 0 Å². The fourth-order valence-electron chi connectivity index (χ4n) is 2.45. The Kier molecular flexibility index (Phi) is 4.36. The second-order valence-corrected chi connectivity index (χ2v) is 4.81. The van der Waals surface area contributed by atoms with Crippen molar-refractivity contribution in [1.29, 1.82) is 0 Å². The van der Waals surface area contributed by atoms with Gasteiger partial charge in [-0.15, -0.1) is 0 Å². The van der Waals surface area contributed by atoms with E-state index in [1.54, 1.807) is 0 Å². The van der Waals surface area contributed by atoms with E-state index in [9.17, 15) is 4.79 Å². The standard InChI is InChI=1S/C13H21N3O2/c1-11-14-5-8-16(11)10-9-15-6-3-12(4-7-15)13(17)18-2/h5,8,12H,3-4,6-7,9-10H2,1-2H3. The summed E-state index contributed by atoms with van der Waals surface area (Å²) in [5.41, 5.74) is 0. The first-order chi connectivity index (χ1) is 8.70. The van der Waals surface area contributed by atoms with Gasteiger partial charge in [0.05, 0.1) is 13.0 Å². The molecule has 1 fully saturated rings. The van der Waals surface area contributed by atoms with Crippen LogP contribution in [-0.2, 0) is 16.1 Å². The topological polar surface area (TPSA) is 47.4 Å². The lowest BCUT2D eigenvalue weighted by Gasteiger charge is -2.30. The molecule has 5 heteroatoms. The lowest BCUT2D eigenvalue weighted by molar-refractivity contribution is -0.147. The van der Waals surface area contributed by atoms with Gasteiger partial charge in [0, 0.05) is 25.5 Å². The monoisotopic (exact) mass is 251 g/mol. The number of aromatic nitrogens is 2. The van der Waals surface area contributed by atoms with Crippen molar-refractivity contribution in [3.8, 4) is 0 Å². The Balaban J connectivity index is 1.74. The average Bonchev–Trinajstić information content (AvgIpc) is 2.81. The molecule has 1 aliphatic heterocycles. The quantitative estimate of drug-likeness (QED) is 0.751. The number of likely N-dealkylation sites (tertiary alicyclic amines) is 1. The number of hydrogen-bond donors (Lipinski definition) is 0. The van der Waals surface area contributed by atoms with Crippen LogP contribution in [0.5, 0.6) is 0 Å². The van der Waals surface area contributed by atoms with Crippen LogP contribution in [0.2, 0.25) is 0 Å². The molecule has 0 radical (unpaired) electrons. The maximum absolute atomic E-state index is 11.4. The van der Waals surface area contributed by atoms with Gasteiger partial charge in [-0.3, -0.25) is 4.79 Å². The lowest BCUT2D eigenvalue weighted by Crippen LogP contribution is -2.38. The number of esters is 1. The zero-order chi connectivity index (χ0) is 13.0. The van der Waals surface area contributed by atoms with Gasteiger partial charge in [0.25, 0.3) is 0 Å². The van der Waals surface area contributed by atoms with Crippen molar-refractivity contribution in [2.45, 2.75) is 26.3 Å². The lowest BCUT2D eigenvalue weighted by atomic mass is 9.97. The van der Waals surface area contributed by atoms with Gasteiger partial charge in [0.2, 0.25) is 0 Å². The molecule has 100 valence electrons. The molecule has 0 spiro atoms. The number of aryl methyl sites for hydroxylation is 1. The van der Waals surface area contributed by atoms with Gasteiger partial charge in [0.15, 0.2) is 0 Å². The number of hydrogen-bond acceptors (Lipinski definition) is 4. The first-order valence-electron chi connectivity index (χ1n) is 6.48. The van der Waals surface area contributed by atoms with Gasteiger partial charge >= 0.3 is 5.97 Å². The Labute approximate surface area is 108 Å². The van der Waals surface area contributed by atoms with E-state index in [1.165, 1.54) is 7.11 Å². The minimum Gasteiger partial charge on any atom is -0.469 e. The molecule has 0 aromatic carbocycles. The molecule has 18 heavy (non-hydrogen) atoms. The van der Waals surface area contributed by atoms with Gasteiger partial charge < -0.3 is 14.2 Å². The normalized spacial score (nSPS) is 17.9. The molecule has 0 amide bonds. The van der Waals surface area contributed by atoms with Crippen molar-refractivity contribution in [1.82, 2.24) is 14.5 Å². The summed E-state index contributed by atoms with van der Waals surface area (Å²) in [7, 11) is 1.47. The number of methoxy groups -OCH3 is 1. The van der Waals surface area contributed by atoms with Crippen LogP contribution >= 0.6 is 0 Å². The summed E-state index contributed by atoms with van der Waals surface area (Å²) in [4.78, 5) is 18.0. The maximum Gasteiger partial charge on any atom is 0.308 e. The van der Waals surface area contributed by atoms with E-state index in [-0.39, 0.29) is 11.9 Å². The number of ether oxygens (including phenoxy) is 1. The number of carbonyl (C=O) groups excluding carboxylic acids is 1. The maximum atomic E-state index is 11.4. The van der Waals surface area contributed by atoms with E-state index in [0.717, 1.165) is 44.8 Å². The van der Waals surface area contributed by atoms with E-state index < -0.39 is 0 Å². The van der Waals surface area contributed by atoms with Gasteiger partial charge in [0.1, 0.15) is 5.82 Å². The molecule has 1 aromatic rings. The van der Waals surface area contributed by atoms with Crippen molar-refractivity contribution >= 4 is 5.97 Å². The number of rotatable bonds is 4. The molecule has 2 rings (SSSR count). The van der Waals surface area contributed by atoms with Crippen molar-refractivity contribution in [2.24, 2.45) is 5.92 Å². The van der Waals surface area contributed by atoms with Crippen LogP contribution in [0.4, 0.5) is 0 Å². The van der Waals surface area contributed by atoms with Crippen molar-refractivity contribution in [3.63, 3.8) is 0 Å². The molecule has 0 N–H and O–H groups in total. The molecular formula is C13H21N3O2. The molecule has 1 aliphatic rings. The summed E-state index contributed by atoms with van der Waals surface area (Å²) >= 11 is 0. The highest BCUT2D eigenvalue weighted by Crippen LogP contribution is 2.18. The summed E-state index contributed by atoms with van der Waals surface area (Å²) in [6.07, 6.45) is 5.67. The fraction of sp³-hybridized carbons (Fsp3) is 0.692. The van der Waals surface area contributed by atoms with E-state index in [4.69, 9.17) is 4.74 Å². The summed E-state index contributed by atoms with van der Waals surface area (Å²) < 4.78 is 6.95. The highest BCUT2D eigenvalue weighted by molar-refractivity contribution is 5.72. The Morgan fingerprint density at radius 1 is 1.44 bits per heavy atom. The number of nitrogens with zero attached hydrogens (tertiary/aromatic N) is 3. The average molecular weight is 251 g/mol. The molecule has 1 saturated heterocycles. The summed E-state index contributed by atoms with van der Waals surface area (Å²) in [5, 5.41) is 0. The fourth-order valence-corrected chi connectivity index (χ4v) is 2.45. The van der Waals surface area contributed by atoms with Crippen LogP contribution in [-0.4, -0.2) is 47.2 Å². The van der Waals surface area contributed by atoms with Gasteiger partial charge in [-0.05, 0) is 32.9 Å². The number of carbonyl (C=O) groups is 1. The molecule has 1 aromatic heterocycles. The van der Waals surface area contributed by atoms with Crippen LogP contribution in [0.1, 0.15) is 18.7 Å². The van der Waals surface area contributed by atoms with E-state index >= 15 is 0 Å². The van der Waals surface area contributed by atoms with E-state index in [0.29, 0.717) is 0 Å². The largest absolute Gasteiger partial charge is 0.469 e. The molecule has 2 heterocycles. The van der Waals surface area contributed by atoms with Crippen LogP contribution in [0.3, 0.4) is 0 Å². The van der Waals surface area contributed by atoms with Crippen LogP contribution < -0.4 is 0 Å². The summed E-state index contributed by atoms with van der Waals surface area (Å²) in [5.74, 6) is 1.10. The predicted octanol–water partition coefficient (Wildman–Crippen LogP) is 1.08. The molecule has 0 unspecified atom stereocenters. The zero-order valence-corrected chi connectivity index (χ0v) is 11.1. The summed E-state index contributed by atoms with van der Waals surface area (Å²) in [6, 6.07) is 0. The third-order valence-electron chi connectivity index (χ3n) is 3.70. The summed E-state index contributed by atoms with van der Waals surface area (Å²) in [6.45, 7) is 5.96. The minimum absolute atomic E-state index is 0.0555. The molecule has 0 saturated carbocycles. The Morgan fingerprint density at radius 2 is 2.17 bits per heavy atom. The van der Waals surface area contributed by atoms with Gasteiger partial charge in [-0.2, -0.15) is 0 Å². The van der Waals surface area contributed by atoms with Crippen molar-refractivity contribution in [3.05, 3.63) is 18.2 Å². The van der Waals surface area contributed by atoms with Gasteiger partial charge in [-0.1, -0.05) is 0 Å². The van der Waals surface area contributed by atoms with E-state index in [1.807, 2.05) is 19.3 Å². The third-order valence-corrected chi connectivity index (χ3v) is 3.70. The Bertz CT molecular complexity index is 395. The van der Waals surface area contributed by atoms with Crippen LogP contribution in [0, 0.1) is 12.8 Å². The van der Waals surface area contributed by atoms with E-state index in [2.05, 4.69) is 14.5 Å². The Morgan fingerprint density at radius 3 is 2.72 bits per heavy atom. The SMILES string of the molecule is COC(=O)C1CCN(CCn2ccnc2C)CC1. The molecule has 0 bridgehead atoms. The predicted molar refractivity (Wildman–Crippen MR) is 68.1 cm³/mol. The van der Waals surface area contributed by atoms with Crippen LogP contribution in [0.15, 0.2) is 12.4 Å². The van der Waals surface area contributed by atoms with Crippen molar-refractivity contribution < 1.29 is 9.53 Å². The smallest absolute Gasteiger partial charge is 0.308 e. The third kappa shape index (κ3) is 3.10. The van der Waals surface area contributed by atoms with Gasteiger partial charge in [-0.25, -0.2) is 4.98 Å².